The molecule has 1 aliphatic heterocycles. The van der Waals surface area contributed by atoms with E-state index in [1.54, 1.807) is 0 Å². The first kappa shape index (κ1) is 15.8. The Hall–Kier alpha value is -1.57. The molecule has 1 aromatic rings. The number of alkyl halides is 3. The third-order valence-electron chi connectivity index (χ3n) is 3.27. The number of hydrogen-bond donors (Lipinski definition) is 1. The van der Waals surface area contributed by atoms with Gasteiger partial charge in [-0.05, 0) is 13.8 Å². The van der Waals surface area contributed by atoms with Gasteiger partial charge in [0.25, 0.3) is 0 Å². The lowest BCUT2D eigenvalue weighted by Gasteiger charge is -2.35. The topological polar surface area (TPSA) is 44.3 Å². The van der Waals surface area contributed by atoms with E-state index in [0.29, 0.717) is 32.1 Å². The van der Waals surface area contributed by atoms with Crippen LogP contribution in [0, 0.1) is 6.92 Å². The second-order valence-corrected chi connectivity index (χ2v) is 5.10. The van der Waals surface area contributed by atoms with Crippen LogP contribution < -0.4 is 10.2 Å². The highest BCUT2D eigenvalue weighted by molar-refractivity contribution is 5.45. The van der Waals surface area contributed by atoms with Crippen LogP contribution in [0.5, 0.6) is 0 Å². The SMILES string of the molecule is CCNc1nc(C)cc(N2CCN(CC(F)(F)F)CC2)n1. The second kappa shape index (κ2) is 6.46. The minimum atomic E-state index is -4.13. The zero-order valence-corrected chi connectivity index (χ0v) is 12.2. The molecule has 0 amide bonds. The standard InChI is InChI=1S/C13H20F3N5/c1-3-17-12-18-10(2)8-11(19-12)21-6-4-20(5-7-21)9-13(14,15)16/h8H,3-7,9H2,1-2H3,(H,17,18,19). The van der Waals surface area contributed by atoms with Crippen molar-refractivity contribution in [1.29, 1.82) is 0 Å². The van der Waals surface area contributed by atoms with E-state index in [9.17, 15) is 13.2 Å². The van der Waals surface area contributed by atoms with Gasteiger partial charge >= 0.3 is 6.18 Å². The van der Waals surface area contributed by atoms with Crippen molar-refractivity contribution in [1.82, 2.24) is 14.9 Å². The van der Waals surface area contributed by atoms with Gasteiger partial charge in [0.15, 0.2) is 0 Å². The monoisotopic (exact) mass is 303 g/mol. The lowest BCUT2D eigenvalue weighted by molar-refractivity contribution is -0.146. The summed E-state index contributed by atoms with van der Waals surface area (Å²) in [5.74, 6) is 1.33. The minimum Gasteiger partial charge on any atom is -0.354 e. The number of aryl methyl sites for hydroxylation is 1. The van der Waals surface area contributed by atoms with Gasteiger partial charge < -0.3 is 10.2 Å². The molecule has 5 nitrogen and oxygen atoms in total. The number of rotatable bonds is 4. The summed E-state index contributed by atoms with van der Waals surface area (Å²) in [7, 11) is 0. The van der Waals surface area contributed by atoms with Crippen molar-refractivity contribution in [3.05, 3.63) is 11.8 Å². The van der Waals surface area contributed by atoms with Crippen LogP contribution in [0.25, 0.3) is 0 Å². The van der Waals surface area contributed by atoms with E-state index >= 15 is 0 Å². The lowest BCUT2D eigenvalue weighted by Crippen LogP contribution is -2.49. The average molecular weight is 303 g/mol. The fourth-order valence-electron chi connectivity index (χ4n) is 2.34. The first-order valence-electron chi connectivity index (χ1n) is 7.01. The summed E-state index contributed by atoms with van der Waals surface area (Å²) < 4.78 is 37.1. The van der Waals surface area contributed by atoms with E-state index in [4.69, 9.17) is 0 Å². The lowest BCUT2D eigenvalue weighted by atomic mass is 10.3. The summed E-state index contributed by atoms with van der Waals surface area (Å²) in [5.41, 5.74) is 0.841. The number of nitrogens with one attached hydrogen (secondary N) is 1. The van der Waals surface area contributed by atoms with Gasteiger partial charge in [-0.1, -0.05) is 0 Å². The Morgan fingerprint density at radius 1 is 1.19 bits per heavy atom. The highest BCUT2D eigenvalue weighted by atomic mass is 19.4. The average Bonchev–Trinajstić information content (AvgIpc) is 2.37. The maximum Gasteiger partial charge on any atom is 0.401 e. The van der Waals surface area contributed by atoms with Gasteiger partial charge in [0.2, 0.25) is 5.95 Å². The van der Waals surface area contributed by atoms with Gasteiger partial charge in [-0.15, -0.1) is 0 Å². The van der Waals surface area contributed by atoms with E-state index in [-0.39, 0.29) is 0 Å². The summed E-state index contributed by atoms with van der Waals surface area (Å²) in [6.45, 7) is 5.58. The van der Waals surface area contributed by atoms with Crippen LogP contribution in [-0.2, 0) is 0 Å². The fourth-order valence-corrected chi connectivity index (χ4v) is 2.34. The van der Waals surface area contributed by atoms with E-state index in [1.165, 1.54) is 4.90 Å². The Morgan fingerprint density at radius 2 is 1.86 bits per heavy atom. The smallest absolute Gasteiger partial charge is 0.354 e. The Bertz CT molecular complexity index is 469. The van der Waals surface area contributed by atoms with Crippen LogP contribution in [0.3, 0.4) is 0 Å². The van der Waals surface area contributed by atoms with Crippen LogP contribution >= 0.6 is 0 Å². The maximum absolute atomic E-state index is 12.4. The Balaban J connectivity index is 1.98. The number of aromatic nitrogens is 2. The van der Waals surface area contributed by atoms with E-state index in [0.717, 1.165) is 18.1 Å². The third-order valence-corrected chi connectivity index (χ3v) is 3.27. The molecule has 1 fully saturated rings. The molecule has 1 aromatic heterocycles. The zero-order valence-electron chi connectivity index (χ0n) is 12.2. The first-order valence-corrected chi connectivity index (χ1v) is 7.01. The zero-order chi connectivity index (χ0) is 15.5. The summed E-state index contributed by atoms with van der Waals surface area (Å²) in [6.07, 6.45) is -4.13. The van der Waals surface area contributed by atoms with Crippen molar-refractivity contribution >= 4 is 11.8 Å². The van der Waals surface area contributed by atoms with Crippen molar-refractivity contribution in [3.63, 3.8) is 0 Å². The molecule has 0 saturated carbocycles. The molecule has 0 bridgehead atoms. The first-order chi connectivity index (χ1) is 9.87. The molecule has 1 N–H and O–H groups in total. The van der Waals surface area contributed by atoms with Crippen molar-refractivity contribution in [2.45, 2.75) is 20.0 Å². The van der Waals surface area contributed by atoms with Gasteiger partial charge in [-0.3, -0.25) is 4.90 Å². The highest BCUT2D eigenvalue weighted by Gasteiger charge is 2.32. The van der Waals surface area contributed by atoms with Crippen molar-refractivity contribution < 1.29 is 13.2 Å². The van der Waals surface area contributed by atoms with Gasteiger partial charge in [-0.25, -0.2) is 4.98 Å². The summed E-state index contributed by atoms with van der Waals surface area (Å²) in [4.78, 5) is 12.1. The molecule has 21 heavy (non-hydrogen) atoms. The quantitative estimate of drug-likeness (QED) is 0.920. The van der Waals surface area contributed by atoms with Gasteiger partial charge in [0.05, 0.1) is 6.54 Å². The van der Waals surface area contributed by atoms with Gasteiger partial charge in [0, 0.05) is 44.5 Å². The molecule has 0 aromatic carbocycles. The molecule has 0 unspecified atom stereocenters. The Morgan fingerprint density at radius 3 is 2.43 bits per heavy atom. The second-order valence-electron chi connectivity index (χ2n) is 5.10. The number of anilines is 2. The normalized spacial score (nSPS) is 17.1. The van der Waals surface area contributed by atoms with Crippen molar-refractivity contribution in [3.8, 4) is 0 Å². The van der Waals surface area contributed by atoms with Gasteiger partial charge in [-0.2, -0.15) is 18.2 Å². The number of nitrogens with zero attached hydrogens (tertiary/aromatic N) is 4. The molecule has 1 aliphatic rings. The molecule has 0 radical (unpaired) electrons. The Labute approximate surface area is 122 Å². The van der Waals surface area contributed by atoms with Crippen LogP contribution in [0.2, 0.25) is 0 Å². The van der Waals surface area contributed by atoms with Crippen molar-refractivity contribution in [2.24, 2.45) is 0 Å². The molecule has 1 saturated heterocycles. The molecule has 2 heterocycles. The molecule has 0 aliphatic carbocycles. The number of hydrogen-bond acceptors (Lipinski definition) is 5. The van der Waals surface area contributed by atoms with Crippen LogP contribution in [-0.4, -0.2) is 60.3 Å². The Kier molecular flexibility index (Phi) is 4.87. The molecule has 8 heteroatoms. The predicted octanol–water partition coefficient (Wildman–Crippen LogP) is 1.90. The van der Waals surface area contributed by atoms with E-state index in [1.807, 2.05) is 24.8 Å². The molecular formula is C13H20F3N5. The molecule has 2 rings (SSSR count). The molecule has 0 atom stereocenters. The summed E-state index contributed by atoms with van der Waals surface area (Å²) in [6, 6.07) is 1.86. The number of halogens is 3. The van der Waals surface area contributed by atoms with Crippen molar-refractivity contribution in [2.75, 3.05) is 49.5 Å². The van der Waals surface area contributed by atoms with Crippen LogP contribution in [0.1, 0.15) is 12.6 Å². The highest BCUT2D eigenvalue weighted by Crippen LogP contribution is 2.20. The molecule has 0 spiro atoms. The summed E-state index contributed by atoms with van der Waals surface area (Å²) >= 11 is 0. The largest absolute Gasteiger partial charge is 0.401 e. The van der Waals surface area contributed by atoms with E-state index < -0.39 is 12.7 Å². The van der Waals surface area contributed by atoms with Crippen LogP contribution in [0.15, 0.2) is 6.07 Å². The minimum absolute atomic E-state index is 0.388. The fraction of sp³-hybridized carbons (Fsp3) is 0.692. The molecule has 118 valence electrons. The predicted molar refractivity (Wildman–Crippen MR) is 75.6 cm³/mol. The van der Waals surface area contributed by atoms with Gasteiger partial charge in [0.1, 0.15) is 5.82 Å². The number of piperazine rings is 1. The van der Waals surface area contributed by atoms with E-state index in [2.05, 4.69) is 15.3 Å². The maximum atomic E-state index is 12.4. The molecular weight excluding hydrogens is 283 g/mol. The van der Waals surface area contributed by atoms with Crippen LogP contribution in [0.4, 0.5) is 24.9 Å². The third kappa shape index (κ3) is 4.73. The summed E-state index contributed by atoms with van der Waals surface area (Å²) in [5, 5.41) is 3.06.